The summed E-state index contributed by atoms with van der Waals surface area (Å²) in [6.45, 7) is 27.9. The second kappa shape index (κ2) is 14.2. The van der Waals surface area contributed by atoms with Gasteiger partial charge in [-0.25, -0.2) is 4.42 Å². The standard InChI is InChI=1S/C32H43O2Si2.C2H6ClN.Zr/c1-20(25-21-16-12-14-18-23(21)29(33-35(8)9)27(25)31(2,3)4)26-22-17-13-15-19-24(22)30(34-36(10)11)28(26)32(5,6)7;1-4(2)3;/h12-20,25-26H,1H2,2-11H3;1-2H3;/q-1;;. The molecule has 2 aliphatic rings. The predicted molar refractivity (Wildman–Crippen MR) is 177 cm³/mol. The van der Waals surface area contributed by atoms with Crippen molar-refractivity contribution < 1.29 is 35.1 Å². The van der Waals surface area contributed by atoms with Crippen LogP contribution in [-0.2, 0) is 35.1 Å². The Hall–Kier alpha value is -0.913. The van der Waals surface area contributed by atoms with Crippen molar-refractivity contribution in [3.63, 3.8) is 0 Å². The number of nitrogens with zero attached hydrogens (tertiary/aromatic N) is 1. The van der Waals surface area contributed by atoms with Crippen molar-refractivity contribution in [2.24, 2.45) is 16.7 Å². The molecule has 41 heavy (non-hydrogen) atoms. The number of hydrogen-bond acceptors (Lipinski definition) is 3. The van der Waals surface area contributed by atoms with E-state index in [1.165, 1.54) is 37.8 Å². The van der Waals surface area contributed by atoms with Gasteiger partial charge in [-0.2, -0.15) is 0 Å². The molecular weight excluding hydrogens is 637 g/mol. The maximum absolute atomic E-state index is 6.68. The average molecular weight is 687 g/mol. The van der Waals surface area contributed by atoms with Crippen LogP contribution in [0.25, 0.3) is 11.5 Å². The summed E-state index contributed by atoms with van der Waals surface area (Å²) in [4.78, 5) is 0. The number of benzene rings is 2. The Morgan fingerprint density at radius 3 is 1.27 bits per heavy atom. The van der Waals surface area contributed by atoms with Crippen molar-refractivity contribution in [1.29, 1.82) is 0 Å². The molecule has 2 aromatic carbocycles. The zero-order valence-corrected chi connectivity index (χ0v) is 32.4. The smallest absolute Gasteiger partial charge is 0.274 e. The number of halogens is 1. The van der Waals surface area contributed by atoms with Gasteiger partial charge in [-0.15, -0.1) is 5.92 Å². The summed E-state index contributed by atoms with van der Waals surface area (Å²) < 4.78 is 14.8. The van der Waals surface area contributed by atoms with Crippen LogP contribution in [0, 0.1) is 23.7 Å². The Morgan fingerprint density at radius 2 is 1.00 bits per heavy atom. The van der Waals surface area contributed by atoms with E-state index < -0.39 is 18.1 Å². The summed E-state index contributed by atoms with van der Waals surface area (Å²) >= 11 is 5.11. The molecule has 7 heteroatoms. The van der Waals surface area contributed by atoms with Crippen LogP contribution in [0.5, 0.6) is 0 Å². The van der Waals surface area contributed by atoms with E-state index >= 15 is 0 Å². The summed E-state index contributed by atoms with van der Waals surface area (Å²) in [5, 5.41) is 0. The van der Waals surface area contributed by atoms with Crippen LogP contribution < -0.4 is 0 Å². The zero-order valence-electron chi connectivity index (χ0n) is 27.2. The van der Waals surface area contributed by atoms with Crippen LogP contribution in [0.3, 0.4) is 0 Å². The van der Waals surface area contributed by atoms with Crippen LogP contribution in [-0.4, -0.2) is 36.6 Å². The fourth-order valence-electron chi connectivity index (χ4n) is 6.16. The minimum absolute atomic E-state index is 0. The van der Waals surface area contributed by atoms with E-state index in [1.807, 2.05) is 0 Å². The van der Waals surface area contributed by atoms with Gasteiger partial charge in [0, 0.05) is 51.4 Å². The van der Waals surface area contributed by atoms with Crippen molar-refractivity contribution in [3.8, 4) is 0 Å². The van der Waals surface area contributed by atoms with Gasteiger partial charge in [0.25, 0.3) is 18.1 Å². The molecule has 2 radical (unpaired) electrons. The SMILES string of the molecule is CN(C)Cl.[CH2-]C(C1C(C(C)(C)C)=C(O[Si](C)C)c2ccccc21)C1C(C(C)(C)C)=C(O[Si](C)C)c2ccccc21.[Zr]. The third-order valence-electron chi connectivity index (χ3n) is 7.28. The molecule has 0 aliphatic heterocycles. The van der Waals surface area contributed by atoms with Crippen LogP contribution >= 0.6 is 11.8 Å². The van der Waals surface area contributed by atoms with E-state index in [1.54, 1.807) is 14.1 Å². The number of fused-ring (bicyclic) bond motifs is 2. The zero-order chi connectivity index (χ0) is 30.2. The molecule has 2 aliphatic carbocycles. The Kier molecular flexibility index (Phi) is 12.6. The third kappa shape index (κ3) is 8.18. The van der Waals surface area contributed by atoms with Gasteiger partial charge in [-0.05, 0) is 82.9 Å². The van der Waals surface area contributed by atoms with E-state index in [9.17, 15) is 0 Å². The molecule has 2 unspecified atom stereocenters. The van der Waals surface area contributed by atoms with Crippen LogP contribution in [0.15, 0.2) is 59.7 Å². The predicted octanol–water partition coefficient (Wildman–Crippen LogP) is 9.78. The van der Waals surface area contributed by atoms with E-state index in [0.717, 1.165) is 11.5 Å². The molecule has 0 aromatic heterocycles. The third-order valence-corrected chi connectivity index (χ3v) is 8.50. The molecule has 2 atom stereocenters. The molecule has 2 aromatic rings. The molecular formula is C34H49ClNO2Si2Zr-. The first-order chi connectivity index (χ1) is 18.5. The van der Waals surface area contributed by atoms with Gasteiger partial charge in [0.15, 0.2) is 0 Å². The quantitative estimate of drug-likeness (QED) is 0.172. The Balaban J connectivity index is 0.00000110. The van der Waals surface area contributed by atoms with E-state index in [4.69, 9.17) is 27.6 Å². The van der Waals surface area contributed by atoms with E-state index in [-0.39, 0.29) is 54.8 Å². The van der Waals surface area contributed by atoms with Crippen molar-refractivity contribution in [3.05, 3.63) is 88.9 Å². The second-order valence-corrected chi connectivity index (χ2v) is 18.3. The minimum Gasteiger partial charge on any atom is -0.542 e. The Labute approximate surface area is 278 Å². The molecule has 0 saturated heterocycles. The summed E-state index contributed by atoms with van der Waals surface area (Å²) in [6.07, 6.45) is 0. The molecule has 0 amide bonds. The van der Waals surface area contributed by atoms with Crippen LogP contribution in [0.4, 0.5) is 0 Å². The minimum atomic E-state index is -0.926. The van der Waals surface area contributed by atoms with Gasteiger partial charge < -0.3 is 15.8 Å². The first-order valence-electron chi connectivity index (χ1n) is 14.3. The Bertz CT molecular complexity index is 1160. The first-order valence-corrected chi connectivity index (χ1v) is 19.4. The van der Waals surface area contributed by atoms with Gasteiger partial charge >= 0.3 is 0 Å². The van der Waals surface area contributed by atoms with Crippen molar-refractivity contribution in [1.82, 2.24) is 4.42 Å². The molecule has 0 spiro atoms. The summed E-state index contributed by atoms with van der Waals surface area (Å²) in [5.74, 6) is 2.67. The number of hydrogen-bond donors (Lipinski definition) is 0. The molecule has 4 rings (SSSR count). The topological polar surface area (TPSA) is 21.7 Å². The van der Waals surface area contributed by atoms with E-state index in [2.05, 4.69) is 116 Å². The van der Waals surface area contributed by atoms with Gasteiger partial charge in [0.1, 0.15) is 11.5 Å². The first kappa shape index (κ1) is 36.3. The number of allylic oxidation sites excluding steroid dienone is 2. The summed E-state index contributed by atoms with van der Waals surface area (Å²) in [5.41, 5.74) is 7.92. The van der Waals surface area contributed by atoms with Gasteiger partial charge in [0.05, 0.1) is 0 Å². The molecule has 3 nitrogen and oxygen atoms in total. The summed E-state index contributed by atoms with van der Waals surface area (Å²) in [7, 11) is 1.68. The Morgan fingerprint density at radius 1 is 0.707 bits per heavy atom. The van der Waals surface area contributed by atoms with Crippen LogP contribution in [0.2, 0.25) is 26.2 Å². The van der Waals surface area contributed by atoms with Crippen molar-refractivity contribution >= 4 is 41.4 Å². The second-order valence-electron chi connectivity index (χ2n) is 13.6. The van der Waals surface area contributed by atoms with Crippen molar-refractivity contribution in [2.45, 2.75) is 79.6 Å². The summed E-state index contributed by atoms with van der Waals surface area (Å²) in [6, 6.07) is 17.7. The van der Waals surface area contributed by atoms with Gasteiger partial charge in [-0.3, -0.25) is 0 Å². The average Bonchev–Trinajstić information content (AvgIpc) is 3.31. The largest absolute Gasteiger partial charge is 0.542 e. The maximum Gasteiger partial charge on any atom is 0.274 e. The number of rotatable bonds is 6. The molecule has 0 fully saturated rings. The van der Waals surface area contributed by atoms with E-state index in [0.29, 0.717) is 0 Å². The fraction of sp³-hybridized carbons (Fsp3) is 0.500. The maximum atomic E-state index is 6.68. The monoisotopic (exact) mass is 684 g/mol. The van der Waals surface area contributed by atoms with Gasteiger partial charge in [-0.1, -0.05) is 90.1 Å². The van der Waals surface area contributed by atoms with Crippen LogP contribution in [0.1, 0.15) is 75.6 Å². The molecule has 222 valence electrons. The fourth-order valence-corrected chi connectivity index (χ4v) is 7.41. The molecule has 0 bridgehead atoms. The van der Waals surface area contributed by atoms with Crippen molar-refractivity contribution in [2.75, 3.05) is 14.1 Å². The molecule has 0 N–H and O–H groups in total. The normalized spacial score (nSPS) is 19.1. The molecule has 0 saturated carbocycles. The van der Waals surface area contributed by atoms with Gasteiger partial charge in [0.2, 0.25) is 0 Å². The molecule has 0 heterocycles.